The van der Waals surface area contributed by atoms with Crippen LogP contribution < -0.4 is 5.32 Å². The van der Waals surface area contributed by atoms with E-state index in [2.05, 4.69) is 159 Å². The lowest BCUT2D eigenvalue weighted by atomic mass is 9.96. The van der Waals surface area contributed by atoms with Crippen molar-refractivity contribution in [2.24, 2.45) is 41.4 Å². The minimum Gasteiger partial charge on any atom is -0.319 e. The number of rotatable bonds is 27. The maximum atomic E-state index is 3.84. The molecule has 1 saturated carbocycles. The van der Waals surface area contributed by atoms with Gasteiger partial charge in [-0.2, -0.15) is 0 Å². The van der Waals surface area contributed by atoms with Gasteiger partial charge in [-0.25, -0.2) is 0 Å². The van der Waals surface area contributed by atoms with Gasteiger partial charge in [0.2, 0.25) is 0 Å². The molecule has 7 unspecified atom stereocenters. The summed E-state index contributed by atoms with van der Waals surface area (Å²) >= 11 is 0. The molecule has 1 rings (SSSR count). The van der Waals surface area contributed by atoms with Crippen molar-refractivity contribution in [3.63, 3.8) is 0 Å². The van der Waals surface area contributed by atoms with Gasteiger partial charge in [0.15, 0.2) is 0 Å². The SMILES string of the molecule is C=C(C)CC(C)CC.C=CCC.CC.CC.CC.CCC(C)C(C)C.CCC(C)CC.CCC1CC1C.CCCCCC.CCCCCCCC(C)CNC.CCCCCCCC(P)CC. The molecule has 0 aromatic rings. The van der Waals surface area contributed by atoms with Crippen LogP contribution in [0.5, 0.6) is 0 Å². The van der Waals surface area contributed by atoms with E-state index in [1.807, 2.05) is 54.7 Å². The molecular weight excluding hydrogens is 814 g/mol. The number of hydrogen-bond acceptors (Lipinski definition) is 1. The molecule has 1 nitrogen and oxygen atoms in total. The summed E-state index contributed by atoms with van der Waals surface area (Å²) in [4.78, 5) is 0. The molecule has 2 heteroatoms. The predicted molar refractivity (Wildman–Crippen MR) is 328 cm³/mol. The Morgan fingerprint density at radius 2 is 0.909 bits per heavy atom. The van der Waals surface area contributed by atoms with E-state index in [4.69, 9.17) is 0 Å². The third-order valence-corrected chi connectivity index (χ3v) is 13.0. The van der Waals surface area contributed by atoms with Gasteiger partial charge >= 0.3 is 0 Å². The molecule has 0 saturated heterocycles. The molecule has 1 aliphatic carbocycles. The maximum absolute atomic E-state index is 3.84. The van der Waals surface area contributed by atoms with Crippen LogP contribution in [-0.2, 0) is 0 Å². The van der Waals surface area contributed by atoms with Gasteiger partial charge in [0.1, 0.15) is 0 Å². The van der Waals surface area contributed by atoms with Gasteiger partial charge in [-0.3, -0.25) is 0 Å². The van der Waals surface area contributed by atoms with Gasteiger partial charge in [-0.1, -0.05) is 300 Å². The summed E-state index contributed by atoms with van der Waals surface area (Å²) in [7, 11) is 4.97. The summed E-state index contributed by atoms with van der Waals surface area (Å²) in [5, 5.41) is 3.22. The Morgan fingerprint density at radius 1 is 0.561 bits per heavy atom. The van der Waals surface area contributed by atoms with Gasteiger partial charge in [-0.05, 0) is 106 Å². The van der Waals surface area contributed by atoms with Crippen LogP contribution in [0.15, 0.2) is 24.8 Å². The van der Waals surface area contributed by atoms with E-state index in [1.165, 1.54) is 166 Å². The molecular formula is C64H146NP. The smallest absolute Gasteiger partial charge is 0.00262 e. The quantitative estimate of drug-likeness (QED) is 0.0491. The van der Waals surface area contributed by atoms with E-state index in [0.717, 1.165) is 53.5 Å². The lowest BCUT2D eigenvalue weighted by Gasteiger charge is -2.10. The summed E-state index contributed by atoms with van der Waals surface area (Å²) in [5.41, 5.74) is 2.18. The van der Waals surface area contributed by atoms with E-state index >= 15 is 0 Å². The van der Waals surface area contributed by atoms with E-state index in [-0.39, 0.29) is 0 Å². The van der Waals surface area contributed by atoms with Crippen molar-refractivity contribution in [1.82, 2.24) is 5.32 Å². The number of hydrogen-bond donors (Lipinski definition) is 1. The molecule has 1 N–H and O–H groups in total. The zero-order valence-corrected chi connectivity index (χ0v) is 53.7. The van der Waals surface area contributed by atoms with Gasteiger partial charge in [0.25, 0.3) is 0 Å². The fourth-order valence-corrected chi connectivity index (χ4v) is 5.96. The van der Waals surface area contributed by atoms with Gasteiger partial charge in [0, 0.05) is 0 Å². The van der Waals surface area contributed by atoms with Crippen molar-refractivity contribution >= 4 is 9.24 Å². The van der Waals surface area contributed by atoms with E-state index < -0.39 is 0 Å². The van der Waals surface area contributed by atoms with Gasteiger partial charge in [-0.15, -0.1) is 22.4 Å². The van der Waals surface area contributed by atoms with Crippen LogP contribution in [0.1, 0.15) is 334 Å². The highest BCUT2D eigenvalue weighted by Crippen LogP contribution is 2.39. The molecule has 1 fully saturated rings. The number of nitrogens with one attached hydrogen (secondary N) is 1. The summed E-state index contributed by atoms with van der Waals surface area (Å²) in [6.07, 6.45) is 36.1. The molecule has 0 bridgehead atoms. The maximum Gasteiger partial charge on any atom is -0.00262 e. The second-order valence-electron chi connectivity index (χ2n) is 19.2. The third kappa shape index (κ3) is 115. The first-order valence-corrected chi connectivity index (χ1v) is 30.8. The van der Waals surface area contributed by atoms with Gasteiger partial charge in [0.05, 0.1) is 0 Å². The molecule has 412 valence electrons. The Hall–Kier alpha value is -0.130. The normalized spacial score (nSPS) is 14.1. The predicted octanol–water partition coefficient (Wildman–Crippen LogP) is 24.6. The zero-order valence-electron chi connectivity index (χ0n) is 52.6. The zero-order chi connectivity index (χ0) is 54.0. The second kappa shape index (κ2) is 87.9. The molecule has 0 radical (unpaired) electrons. The fourth-order valence-electron chi connectivity index (χ4n) is 5.73. The van der Waals surface area contributed by atoms with Crippen LogP contribution in [0, 0.1) is 41.4 Å². The molecule has 0 heterocycles. The highest BCUT2D eigenvalue weighted by molar-refractivity contribution is 7.17. The molecule has 66 heavy (non-hydrogen) atoms. The van der Waals surface area contributed by atoms with Crippen molar-refractivity contribution in [3.05, 3.63) is 24.8 Å². The summed E-state index contributed by atoms with van der Waals surface area (Å²) in [6.45, 7) is 63.1. The second-order valence-corrected chi connectivity index (χ2v) is 20.2. The van der Waals surface area contributed by atoms with Crippen LogP contribution in [-0.4, -0.2) is 19.3 Å². The van der Waals surface area contributed by atoms with Crippen LogP contribution in [0.3, 0.4) is 0 Å². The van der Waals surface area contributed by atoms with Crippen LogP contribution >= 0.6 is 9.24 Å². The molecule has 0 amide bonds. The average molecular weight is 961 g/mol. The molecule has 7 atom stereocenters. The Bertz CT molecular complexity index is 701. The summed E-state index contributed by atoms with van der Waals surface area (Å²) in [5.74, 6) is 6.55. The standard InChI is InChI=1S/C11H25N.C10H23P.C8H16.C7H16.C6H12.2C6H14.C4H8.3C2H6/c1-4-5-6-7-8-9-11(2)10-12-3;1-3-5-6-7-8-9-10(11)4-2;1-5-8(4)6-7(2)3;1-5-7(4)6(2)3;1-3-6-4-5(6)2;1-4-6(3)5-2;1-3-5-6-4-2;1-3-4-2;3*1-2/h11-12H,4-10H2,1-3H3;10H,3-9,11H2,1-2H3;8H,2,5-6H2,1,3-4H3;6-7H,5H2,1-4H3;5-6H,3-4H2,1-2H3;6H,4-5H2,1-3H3;3-6H2,1-2H3;3H,1,4H2,2H3;3*1-2H3. The first kappa shape index (κ1) is 88.8. The summed E-state index contributed by atoms with van der Waals surface area (Å²) in [6, 6.07) is 0. The highest BCUT2D eigenvalue weighted by atomic mass is 31.0. The highest BCUT2D eigenvalue weighted by Gasteiger charge is 2.29. The van der Waals surface area contributed by atoms with Crippen molar-refractivity contribution in [3.8, 4) is 0 Å². The summed E-state index contributed by atoms with van der Waals surface area (Å²) < 4.78 is 0. The van der Waals surface area contributed by atoms with Crippen LogP contribution in [0.2, 0.25) is 0 Å². The Morgan fingerprint density at radius 3 is 1.09 bits per heavy atom. The van der Waals surface area contributed by atoms with Crippen molar-refractivity contribution in [2.75, 3.05) is 13.6 Å². The van der Waals surface area contributed by atoms with E-state index in [9.17, 15) is 0 Å². The van der Waals surface area contributed by atoms with Crippen molar-refractivity contribution in [2.45, 2.75) is 339 Å². The first-order valence-electron chi connectivity index (χ1n) is 30.1. The van der Waals surface area contributed by atoms with Gasteiger partial charge < -0.3 is 5.32 Å². The third-order valence-electron chi connectivity index (χ3n) is 12.2. The number of allylic oxidation sites excluding steroid dienone is 2. The monoisotopic (exact) mass is 960 g/mol. The van der Waals surface area contributed by atoms with E-state index in [1.54, 1.807) is 0 Å². The van der Waals surface area contributed by atoms with Crippen LogP contribution in [0.25, 0.3) is 0 Å². The van der Waals surface area contributed by atoms with Crippen molar-refractivity contribution in [1.29, 1.82) is 0 Å². The fraction of sp³-hybridized carbons (Fsp3) is 0.938. The largest absolute Gasteiger partial charge is 0.319 e. The lowest BCUT2D eigenvalue weighted by molar-refractivity contribution is 0.407. The minimum absolute atomic E-state index is 0.826. The van der Waals surface area contributed by atoms with Crippen molar-refractivity contribution < 1.29 is 0 Å². The minimum atomic E-state index is 0.826. The number of unbranched alkanes of at least 4 members (excludes halogenated alkanes) is 11. The lowest BCUT2D eigenvalue weighted by Crippen LogP contribution is -2.15. The average Bonchev–Trinajstić information content (AvgIpc) is 4.07. The molecule has 0 spiro atoms. The molecule has 1 aliphatic rings. The first-order chi connectivity index (χ1) is 31.4. The topological polar surface area (TPSA) is 12.0 Å². The molecule has 0 aromatic carbocycles. The Labute approximate surface area is 431 Å². The Balaban J connectivity index is -0.0000000679. The van der Waals surface area contributed by atoms with E-state index in [0.29, 0.717) is 0 Å². The Kier molecular flexibility index (Phi) is 118. The molecule has 0 aliphatic heterocycles. The molecule has 0 aromatic heterocycles. The van der Waals surface area contributed by atoms with Crippen LogP contribution in [0.4, 0.5) is 0 Å².